The number of hydrogen-bond donors (Lipinski definition) is 0. The van der Waals surface area contributed by atoms with Crippen LogP contribution < -0.4 is 9.47 Å². The summed E-state index contributed by atoms with van der Waals surface area (Å²) < 4.78 is 16.1. The summed E-state index contributed by atoms with van der Waals surface area (Å²) in [7, 11) is 3.20. The molecule has 2 aliphatic heterocycles. The summed E-state index contributed by atoms with van der Waals surface area (Å²) in [5.41, 5.74) is 0.810. The molecular weight excluding hydrogens is 410 g/mol. The molecule has 174 valence electrons. The smallest absolute Gasteiger partial charge is 0.241 e. The van der Waals surface area contributed by atoms with E-state index in [0.29, 0.717) is 35.7 Å². The highest BCUT2D eigenvalue weighted by molar-refractivity contribution is 5.79. The van der Waals surface area contributed by atoms with Gasteiger partial charge in [-0.15, -0.1) is 0 Å². The van der Waals surface area contributed by atoms with E-state index in [2.05, 4.69) is 31.8 Å². The number of carbonyl (C=O) groups excluding carboxylic acids is 1. The molecule has 1 amide bonds. The van der Waals surface area contributed by atoms with Crippen molar-refractivity contribution in [2.45, 2.75) is 26.3 Å². The van der Waals surface area contributed by atoms with E-state index in [1.165, 1.54) is 0 Å². The predicted octanol–water partition coefficient (Wildman–Crippen LogP) is 2.13. The number of piperazine rings is 1. The normalized spacial score (nSPS) is 18.7. The van der Waals surface area contributed by atoms with E-state index in [0.717, 1.165) is 64.2 Å². The van der Waals surface area contributed by atoms with E-state index >= 15 is 0 Å². The predicted molar refractivity (Wildman–Crippen MR) is 120 cm³/mol. The van der Waals surface area contributed by atoms with Gasteiger partial charge in [0.25, 0.3) is 0 Å². The number of ether oxygens (including phenoxy) is 2. The quantitative estimate of drug-likeness (QED) is 0.644. The Morgan fingerprint density at radius 1 is 1.03 bits per heavy atom. The van der Waals surface area contributed by atoms with Crippen LogP contribution in [0.25, 0.3) is 11.4 Å². The average Bonchev–Trinajstić information content (AvgIpc) is 3.32. The van der Waals surface area contributed by atoms with Gasteiger partial charge in [0.1, 0.15) is 0 Å². The Balaban J connectivity index is 1.29. The Labute approximate surface area is 189 Å². The van der Waals surface area contributed by atoms with Crippen molar-refractivity contribution in [1.82, 2.24) is 24.8 Å². The number of aromatic nitrogens is 2. The Bertz CT molecular complexity index is 902. The molecule has 9 heteroatoms. The molecule has 2 aliphatic rings. The number of amides is 1. The maximum atomic E-state index is 12.9. The summed E-state index contributed by atoms with van der Waals surface area (Å²) in [4.78, 5) is 24.2. The highest BCUT2D eigenvalue weighted by Gasteiger charge is 2.30. The van der Waals surface area contributed by atoms with Crippen molar-refractivity contribution in [3.8, 4) is 22.9 Å². The van der Waals surface area contributed by atoms with Crippen molar-refractivity contribution in [3.63, 3.8) is 0 Å². The van der Waals surface area contributed by atoms with Crippen LogP contribution in [0.2, 0.25) is 0 Å². The fourth-order valence-corrected chi connectivity index (χ4v) is 4.48. The van der Waals surface area contributed by atoms with E-state index in [1.54, 1.807) is 14.2 Å². The number of hydrogen-bond acceptors (Lipinski definition) is 8. The van der Waals surface area contributed by atoms with Crippen molar-refractivity contribution in [1.29, 1.82) is 0 Å². The molecule has 0 saturated carbocycles. The lowest BCUT2D eigenvalue weighted by atomic mass is 9.95. The topological polar surface area (TPSA) is 84.2 Å². The first-order valence-corrected chi connectivity index (χ1v) is 11.4. The van der Waals surface area contributed by atoms with Gasteiger partial charge < -0.3 is 23.8 Å². The Kier molecular flexibility index (Phi) is 7.26. The van der Waals surface area contributed by atoms with Crippen LogP contribution in [0.4, 0.5) is 0 Å². The van der Waals surface area contributed by atoms with E-state index in [4.69, 9.17) is 14.0 Å². The van der Waals surface area contributed by atoms with Crippen LogP contribution in [-0.2, 0) is 11.3 Å². The molecule has 9 nitrogen and oxygen atoms in total. The standard InChI is InChI=1S/C23H33N5O4/c1-4-26-11-13-28(14-12-26)23(29)17-7-9-27(10-8-17)16-21-24-22(25-32-21)18-5-6-19(30-2)20(15-18)31-3/h5-6,15,17H,4,7-14,16H2,1-3H3. The summed E-state index contributed by atoms with van der Waals surface area (Å²) in [6.45, 7) is 9.23. The van der Waals surface area contributed by atoms with E-state index in [1.807, 2.05) is 18.2 Å². The molecule has 3 heterocycles. The third-order valence-corrected chi connectivity index (χ3v) is 6.54. The first-order valence-electron chi connectivity index (χ1n) is 11.4. The zero-order valence-electron chi connectivity index (χ0n) is 19.2. The molecule has 2 fully saturated rings. The van der Waals surface area contributed by atoms with Gasteiger partial charge in [0, 0.05) is 37.7 Å². The van der Waals surface area contributed by atoms with Gasteiger partial charge in [-0.1, -0.05) is 12.1 Å². The summed E-state index contributed by atoms with van der Waals surface area (Å²) in [6, 6.07) is 5.55. The molecule has 1 aromatic carbocycles. The monoisotopic (exact) mass is 443 g/mol. The number of nitrogens with zero attached hydrogens (tertiary/aromatic N) is 5. The first kappa shape index (κ1) is 22.5. The fraction of sp³-hybridized carbons (Fsp3) is 0.609. The molecule has 2 saturated heterocycles. The van der Waals surface area contributed by atoms with Crippen molar-refractivity contribution in [2.24, 2.45) is 5.92 Å². The lowest BCUT2D eigenvalue weighted by Gasteiger charge is -2.38. The molecule has 1 aromatic heterocycles. The van der Waals surface area contributed by atoms with E-state index in [9.17, 15) is 4.79 Å². The van der Waals surface area contributed by atoms with Crippen molar-refractivity contribution >= 4 is 5.91 Å². The number of likely N-dealkylation sites (tertiary alicyclic amines) is 1. The SMILES string of the molecule is CCN1CCN(C(=O)C2CCN(Cc3nc(-c4ccc(OC)c(OC)c4)no3)CC2)CC1. The molecule has 4 rings (SSSR count). The summed E-state index contributed by atoms with van der Waals surface area (Å²) in [5, 5.41) is 4.13. The highest BCUT2D eigenvalue weighted by atomic mass is 16.5. The van der Waals surface area contributed by atoms with Crippen LogP contribution >= 0.6 is 0 Å². The van der Waals surface area contributed by atoms with Gasteiger partial charge in [-0.25, -0.2) is 0 Å². The zero-order valence-corrected chi connectivity index (χ0v) is 19.2. The minimum Gasteiger partial charge on any atom is -0.493 e. The summed E-state index contributed by atoms with van der Waals surface area (Å²) in [5.74, 6) is 2.84. The van der Waals surface area contributed by atoms with Gasteiger partial charge in [0.15, 0.2) is 11.5 Å². The largest absolute Gasteiger partial charge is 0.493 e. The average molecular weight is 444 g/mol. The Morgan fingerprint density at radius 2 is 1.75 bits per heavy atom. The van der Waals surface area contributed by atoms with E-state index < -0.39 is 0 Å². The van der Waals surface area contributed by atoms with Crippen LogP contribution in [0.5, 0.6) is 11.5 Å². The first-order chi connectivity index (χ1) is 15.6. The molecule has 0 unspecified atom stereocenters. The number of benzene rings is 1. The molecule has 0 bridgehead atoms. The number of likely N-dealkylation sites (N-methyl/N-ethyl adjacent to an activating group) is 1. The van der Waals surface area contributed by atoms with Gasteiger partial charge in [0.2, 0.25) is 17.6 Å². The van der Waals surface area contributed by atoms with Crippen molar-refractivity contribution in [3.05, 3.63) is 24.1 Å². The van der Waals surface area contributed by atoms with Crippen LogP contribution in [0.3, 0.4) is 0 Å². The number of methoxy groups -OCH3 is 2. The van der Waals surface area contributed by atoms with Crippen LogP contribution in [0.1, 0.15) is 25.7 Å². The number of rotatable bonds is 7. The lowest BCUT2D eigenvalue weighted by Crippen LogP contribution is -2.51. The molecule has 0 radical (unpaired) electrons. The van der Waals surface area contributed by atoms with Crippen LogP contribution in [-0.4, -0.2) is 90.8 Å². The Hall–Kier alpha value is -2.65. The fourth-order valence-electron chi connectivity index (χ4n) is 4.48. The van der Waals surface area contributed by atoms with Crippen LogP contribution in [0.15, 0.2) is 22.7 Å². The van der Waals surface area contributed by atoms with Crippen LogP contribution in [0, 0.1) is 5.92 Å². The van der Waals surface area contributed by atoms with Gasteiger partial charge in [-0.3, -0.25) is 9.69 Å². The maximum absolute atomic E-state index is 12.9. The number of carbonyl (C=O) groups is 1. The number of piperidine rings is 1. The summed E-state index contributed by atoms with van der Waals surface area (Å²) >= 11 is 0. The van der Waals surface area contributed by atoms with Gasteiger partial charge in [0.05, 0.1) is 20.8 Å². The van der Waals surface area contributed by atoms with Gasteiger partial charge in [-0.05, 0) is 50.7 Å². The molecule has 0 N–H and O–H groups in total. The van der Waals surface area contributed by atoms with E-state index in [-0.39, 0.29) is 5.92 Å². The lowest BCUT2D eigenvalue weighted by molar-refractivity contribution is -0.138. The third kappa shape index (κ3) is 5.05. The highest BCUT2D eigenvalue weighted by Crippen LogP contribution is 2.31. The summed E-state index contributed by atoms with van der Waals surface area (Å²) in [6.07, 6.45) is 1.76. The second kappa shape index (κ2) is 10.3. The zero-order chi connectivity index (χ0) is 22.5. The minimum absolute atomic E-state index is 0.129. The van der Waals surface area contributed by atoms with Gasteiger partial charge in [-0.2, -0.15) is 4.98 Å². The van der Waals surface area contributed by atoms with Gasteiger partial charge >= 0.3 is 0 Å². The molecular formula is C23H33N5O4. The maximum Gasteiger partial charge on any atom is 0.241 e. The molecule has 0 atom stereocenters. The molecule has 32 heavy (non-hydrogen) atoms. The minimum atomic E-state index is 0.129. The Morgan fingerprint density at radius 3 is 2.41 bits per heavy atom. The third-order valence-electron chi connectivity index (χ3n) is 6.54. The molecule has 0 aliphatic carbocycles. The molecule has 2 aromatic rings. The van der Waals surface area contributed by atoms with Crippen molar-refractivity contribution in [2.75, 3.05) is 60.0 Å². The molecule has 0 spiro atoms. The second-order valence-electron chi connectivity index (χ2n) is 8.39. The second-order valence-corrected chi connectivity index (χ2v) is 8.39. The van der Waals surface area contributed by atoms with Crippen molar-refractivity contribution < 1.29 is 18.8 Å².